The molecule has 0 bridgehead atoms. The van der Waals surface area contributed by atoms with E-state index in [0.717, 1.165) is 41.0 Å². The van der Waals surface area contributed by atoms with Crippen LogP contribution in [-0.2, 0) is 6.42 Å². The lowest BCUT2D eigenvalue weighted by Crippen LogP contribution is -2.34. The van der Waals surface area contributed by atoms with Crippen LogP contribution < -0.4 is 4.90 Å². The van der Waals surface area contributed by atoms with Gasteiger partial charge in [0.1, 0.15) is 0 Å². The number of rotatable bonds is 4. The van der Waals surface area contributed by atoms with Crippen LogP contribution in [0.15, 0.2) is 30.3 Å². The summed E-state index contributed by atoms with van der Waals surface area (Å²) in [6.45, 7) is 4.00. The number of anilines is 1. The summed E-state index contributed by atoms with van der Waals surface area (Å²) in [6.07, 6.45) is 4.48. The van der Waals surface area contributed by atoms with Crippen LogP contribution in [0.5, 0.6) is 0 Å². The number of piperidine rings is 1. The minimum atomic E-state index is 0.759. The van der Waals surface area contributed by atoms with Crippen molar-refractivity contribution in [1.29, 1.82) is 0 Å². The van der Waals surface area contributed by atoms with Crippen molar-refractivity contribution in [1.82, 2.24) is 4.98 Å². The van der Waals surface area contributed by atoms with Crippen molar-refractivity contribution in [3.63, 3.8) is 0 Å². The molecule has 0 aliphatic carbocycles. The van der Waals surface area contributed by atoms with E-state index in [2.05, 4.69) is 40.2 Å². The molecule has 1 aromatic heterocycles. The summed E-state index contributed by atoms with van der Waals surface area (Å²) in [5.41, 5.74) is 2.29. The first-order valence-corrected chi connectivity index (χ1v) is 8.29. The summed E-state index contributed by atoms with van der Waals surface area (Å²) < 4.78 is 0. The van der Waals surface area contributed by atoms with Crippen LogP contribution in [-0.4, -0.2) is 24.4 Å². The Labute approximate surface area is 129 Å². The molecule has 0 spiro atoms. The van der Waals surface area contributed by atoms with Crippen LogP contribution in [0.1, 0.15) is 33.8 Å². The van der Waals surface area contributed by atoms with E-state index in [0.29, 0.717) is 0 Å². The number of aromatic nitrogens is 1. The molecule has 0 amide bonds. The van der Waals surface area contributed by atoms with E-state index in [1.807, 2.05) is 6.92 Å². The lowest BCUT2D eigenvalue weighted by molar-refractivity contribution is 0.112. The zero-order chi connectivity index (χ0) is 14.7. The van der Waals surface area contributed by atoms with Gasteiger partial charge in [-0.05, 0) is 37.7 Å². The molecule has 0 unspecified atom stereocenters. The van der Waals surface area contributed by atoms with Gasteiger partial charge >= 0.3 is 0 Å². The van der Waals surface area contributed by atoms with Crippen molar-refractivity contribution in [3.8, 4) is 0 Å². The molecule has 110 valence electrons. The van der Waals surface area contributed by atoms with Gasteiger partial charge in [0, 0.05) is 13.1 Å². The van der Waals surface area contributed by atoms with Gasteiger partial charge in [0.2, 0.25) is 0 Å². The Kier molecular flexibility index (Phi) is 4.34. The molecule has 4 heteroatoms. The number of carbonyl (C=O) groups excluding carboxylic acids is 1. The summed E-state index contributed by atoms with van der Waals surface area (Å²) in [5.74, 6) is 0.759. The van der Waals surface area contributed by atoms with Crippen LogP contribution in [0.4, 0.5) is 5.13 Å². The first-order valence-electron chi connectivity index (χ1n) is 7.47. The summed E-state index contributed by atoms with van der Waals surface area (Å²) in [6, 6.07) is 10.7. The second kappa shape index (κ2) is 6.39. The molecule has 21 heavy (non-hydrogen) atoms. The van der Waals surface area contributed by atoms with Gasteiger partial charge in [-0.1, -0.05) is 41.7 Å². The van der Waals surface area contributed by atoms with Crippen LogP contribution in [0, 0.1) is 12.8 Å². The number of benzene rings is 1. The van der Waals surface area contributed by atoms with E-state index >= 15 is 0 Å². The van der Waals surface area contributed by atoms with Crippen molar-refractivity contribution in [2.24, 2.45) is 5.92 Å². The number of aryl methyl sites for hydroxylation is 1. The molecule has 1 saturated heterocycles. The fourth-order valence-corrected chi connectivity index (χ4v) is 3.85. The van der Waals surface area contributed by atoms with E-state index in [9.17, 15) is 4.79 Å². The topological polar surface area (TPSA) is 33.2 Å². The fraction of sp³-hybridized carbons (Fsp3) is 0.412. The second-order valence-corrected chi connectivity index (χ2v) is 6.69. The molecule has 0 N–H and O–H groups in total. The predicted molar refractivity (Wildman–Crippen MR) is 87.3 cm³/mol. The third-order valence-corrected chi connectivity index (χ3v) is 5.32. The van der Waals surface area contributed by atoms with Gasteiger partial charge in [-0.25, -0.2) is 4.98 Å². The van der Waals surface area contributed by atoms with E-state index in [1.54, 1.807) is 0 Å². The fourth-order valence-electron chi connectivity index (χ4n) is 2.91. The molecule has 3 nitrogen and oxygen atoms in total. The molecule has 1 aliphatic rings. The summed E-state index contributed by atoms with van der Waals surface area (Å²) >= 11 is 1.52. The Morgan fingerprint density at radius 1 is 1.29 bits per heavy atom. The highest BCUT2D eigenvalue weighted by atomic mass is 32.1. The maximum absolute atomic E-state index is 10.9. The van der Waals surface area contributed by atoms with Gasteiger partial charge in [0.05, 0.1) is 10.6 Å². The van der Waals surface area contributed by atoms with Gasteiger partial charge in [0.25, 0.3) is 0 Å². The van der Waals surface area contributed by atoms with E-state index in [-0.39, 0.29) is 0 Å². The number of aldehydes is 1. The van der Waals surface area contributed by atoms with Crippen LogP contribution >= 0.6 is 11.3 Å². The standard InChI is InChI=1S/C17H20N2OS/c1-13-16(12-20)21-17(18-13)19-9-7-15(8-10-19)11-14-5-3-2-4-6-14/h2-6,12,15H,7-11H2,1H3. The van der Waals surface area contributed by atoms with Crippen LogP contribution in [0.3, 0.4) is 0 Å². The minimum absolute atomic E-state index is 0.759. The minimum Gasteiger partial charge on any atom is -0.348 e. The molecule has 0 atom stereocenters. The van der Waals surface area contributed by atoms with Gasteiger partial charge in [-0.3, -0.25) is 4.79 Å². The molecule has 1 aliphatic heterocycles. The molecule has 1 aromatic carbocycles. The monoisotopic (exact) mass is 300 g/mol. The molecule has 0 saturated carbocycles. The zero-order valence-corrected chi connectivity index (χ0v) is 13.1. The van der Waals surface area contributed by atoms with Crippen molar-refractivity contribution >= 4 is 22.8 Å². The third-order valence-electron chi connectivity index (χ3n) is 4.18. The summed E-state index contributed by atoms with van der Waals surface area (Å²) in [7, 11) is 0. The highest BCUT2D eigenvalue weighted by Crippen LogP contribution is 2.29. The van der Waals surface area contributed by atoms with Crippen LogP contribution in [0.2, 0.25) is 0 Å². The third kappa shape index (κ3) is 3.32. The van der Waals surface area contributed by atoms with Gasteiger partial charge < -0.3 is 4.90 Å². The Morgan fingerprint density at radius 2 is 2.00 bits per heavy atom. The lowest BCUT2D eigenvalue weighted by atomic mass is 9.90. The lowest BCUT2D eigenvalue weighted by Gasteiger charge is -2.31. The Balaban J connectivity index is 1.58. The molecule has 1 fully saturated rings. The van der Waals surface area contributed by atoms with Gasteiger partial charge in [0.15, 0.2) is 11.4 Å². The number of carbonyl (C=O) groups is 1. The maximum atomic E-state index is 10.9. The summed E-state index contributed by atoms with van der Waals surface area (Å²) in [5, 5.41) is 1.01. The highest BCUT2D eigenvalue weighted by Gasteiger charge is 2.22. The molecule has 3 rings (SSSR count). The van der Waals surface area contributed by atoms with Crippen molar-refractivity contribution in [3.05, 3.63) is 46.5 Å². The predicted octanol–water partition coefficient (Wildman–Crippen LogP) is 3.72. The molecular formula is C17H20N2OS. The normalized spacial score (nSPS) is 16.1. The van der Waals surface area contributed by atoms with Gasteiger partial charge in [-0.15, -0.1) is 0 Å². The maximum Gasteiger partial charge on any atom is 0.186 e. The Bertz CT molecular complexity index is 601. The van der Waals surface area contributed by atoms with E-state index < -0.39 is 0 Å². The average molecular weight is 300 g/mol. The largest absolute Gasteiger partial charge is 0.348 e. The average Bonchev–Trinajstić information content (AvgIpc) is 2.90. The smallest absolute Gasteiger partial charge is 0.186 e. The molecule has 0 radical (unpaired) electrons. The highest BCUT2D eigenvalue weighted by molar-refractivity contribution is 7.17. The van der Waals surface area contributed by atoms with Crippen molar-refractivity contribution in [2.75, 3.05) is 18.0 Å². The second-order valence-electron chi connectivity index (χ2n) is 5.68. The Hall–Kier alpha value is -1.68. The SMILES string of the molecule is Cc1nc(N2CCC(Cc3ccccc3)CC2)sc1C=O. The first-order chi connectivity index (χ1) is 10.3. The zero-order valence-electron chi connectivity index (χ0n) is 12.3. The molecule has 2 aromatic rings. The summed E-state index contributed by atoms with van der Waals surface area (Å²) in [4.78, 5) is 18.5. The number of hydrogen-bond acceptors (Lipinski definition) is 4. The number of nitrogens with zero attached hydrogens (tertiary/aromatic N) is 2. The van der Waals surface area contributed by atoms with Crippen LogP contribution in [0.25, 0.3) is 0 Å². The molecule has 2 heterocycles. The quantitative estimate of drug-likeness (QED) is 0.807. The Morgan fingerprint density at radius 3 is 2.62 bits per heavy atom. The number of thiazole rings is 1. The number of hydrogen-bond donors (Lipinski definition) is 0. The van der Waals surface area contributed by atoms with E-state index in [4.69, 9.17) is 0 Å². The van der Waals surface area contributed by atoms with Crippen molar-refractivity contribution < 1.29 is 4.79 Å². The van der Waals surface area contributed by atoms with E-state index in [1.165, 1.54) is 36.2 Å². The molecular weight excluding hydrogens is 280 g/mol. The first kappa shape index (κ1) is 14.3. The van der Waals surface area contributed by atoms with Gasteiger partial charge in [-0.2, -0.15) is 0 Å². The van der Waals surface area contributed by atoms with Crippen molar-refractivity contribution in [2.45, 2.75) is 26.2 Å².